The maximum absolute atomic E-state index is 11.1. The maximum Gasteiger partial charge on any atom is 0.288 e. The highest BCUT2D eigenvalue weighted by atomic mass is 35.5. The first-order chi connectivity index (χ1) is 12.1. The fourth-order valence-corrected chi connectivity index (χ4v) is 4.38. The first kappa shape index (κ1) is 16.3. The Morgan fingerprint density at radius 1 is 1.16 bits per heavy atom. The van der Waals surface area contributed by atoms with Gasteiger partial charge in [0, 0.05) is 29.9 Å². The summed E-state index contributed by atoms with van der Waals surface area (Å²) in [6.45, 7) is 2.93. The highest BCUT2D eigenvalue weighted by molar-refractivity contribution is 6.32. The zero-order valence-corrected chi connectivity index (χ0v) is 14.6. The van der Waals surface area contributed by atoms with Crippen molar-refractivity contribution in [2.75, 3.05) is 13.1 Å². The molecule has 2 aromatic rings. The molecule has 128 valence electrons. The average molecular weight is 356 g/mol. The van der Waals surface area contributed by atoms with E-state index in [0.29, 0.717) is 0 Å². The van der Waals surface area contributed by atoms with Crippen molar-refractivity contribution in [3.63, 3.8) is 0 Å². The number of fused-ring (bicyclic) bond motifs is 2. The molecule has 1 N–H and O–H groups in total. The van der Waals surface area contributed by atoms with Gasteiger partial charge < -0.3 is 4.90 Å². The SMILES string of the molecule is O=[N+]([O-])c1cc(C[NH+]2CCC3(C=Cc4ccccc43)CC2)ccc1Cl. The average Bonchev–Trinajstić information content (AvgIpc) is 2.97. The molecule has 1 heterocycles. The number of nitrogens with zero attached hydrogens (tertiary/aromatic N) is 1. The number of benzene rings is 2. The van der Waals surface area contributed by atoms with Gasteiger partial charge in [0.2, 0.25) is 0 Å². The van der Waals surface area contributed by atoms with Crippen molar-refractivity contribution in [2.24, 2.45) is 0 Å². The van der Waals surface area contributed by atoms with Gasteiger partial charge in [-0.2, -0.15) is 0 Å². The summed E-state index contributed by atoms with van der Waals surface area (Å²) in [7, 11) is 0. The molecule has 0 radical (unpaired) electrons. The van der Waals surface area contributed by atoms with Gasteiger partial charge in [-0.05, 0) is 17.2 Å². The molecule has 0 bridgehead atoms. The number of nitro benzene ring substituents is 1. The summed E-state index contributed by atoms with van der Waals surface area (Å²) < 4.78 is 0. The zero-order chi connectivity index (χ0) is 17.4. The Morgan fingerprint density at radius 2 is 1.92 bits per heavy atom. The quantitative estimate of drug-likeness (QED) is 0.677. The topological polar surface area (TPSA) is 47.6 Å². The lowest BCUT2D eigenvalue weighted by molar-refractivity contribution is -0.919. The number of halogens is 1. The van der Waals surface area contributed by atoms with Crippen LogP contribution in [0.25, 0.3) is 6.08 Å². The number of nitrogens with one attached hydrogen (secondary N) is 1. The molecule has 25 heavy (non-hydrogen) atoms. The van der Waals surface area contributed by atoms with Crippen LogP contribution in [0.5, 0.6) is 0 Å². The van der Waals surface area contributed by atoms with Gasteiger partial charge in [-0.15, -0.1) is 0 Å². The molecule has 1 aliphatic heterocycles. The lowest BCUT2D eigenvalue weighted by atomic mass is 9.74. The molecule has 1 aliphatic carbocycles. The summed E-state index contributed by atoms with van der Waals surface area (Å²) in [5, 5.41) is 11.3. The summed E-state index contributed by atoms with van der Waals surface area (Å²) in [5.74, 6) is 0. The Labute approximate surface area is 151 Å². The third-order valence-corrected chi connectivity index (χ3v) is 5.91. The van der Waals surface area contributed by atoms with Gasteiger partial charge in [0.25, 0.3) is 5.69 Å². The van der Waals surface area contributed by atoms with Crippen molar-refractivity contribution in [2.45, 2.75) is 24.8 Å². The minimum atomic E-state index is -0.410. The number of hydrogen-bond donors (Lipinski definition) is 1. The zero-order valence-electron chi connectivity index (χ0n) is 13.9. The van der Waals surface area contributed by atoms with E-state index < -0.39 is 4.92 Å². The molecule has 0 saturated carbocycles. The van der Waals surface area contributed by atoms with Crippen LogP contribution in [0.4, 0.5) is 5.69 Å². The molecule has 0 aromatic heterocycles. The van der Waals surface area contributed by atoms with Gasteiger partial charge in [-0.3, -0.25) is 10.1 Å². The van der Waals surface area contributed by atoms with Crippen molar-refractivity contribution in [1.82, 2.24) is 0 Å². The van der Waals surface area contributed by atoms with E-state index in [4.69, 9.17) is 11.6 Å². The van der Waals surface area contributed by atoms with Gasteiger partial charge in [-0.1, -0.05) is 54.1 Å². The Balaban J connectivity index is 1.46. The summed E-state index contributed by atoms with van der Waals surface area (Å²) >= 11 is 5.91. The third-order valence-electron chi connectivity index (χ3n) is 5.59. The molecule has 0 amide bonds. The number of nitro groups is 1. The standard InChI is InChI=1S/C20H19ClN2O2/c21-18-6-5-15(13-19(18)23(24)25)14-22-11-9-20(10-12-22)8-7-16-3-1-2-4-17(16)20/h1-8,13H,9-12,14H2/p+1. The fraction of sp³-hybridized carbons (Fsp3) is 0.300. The van der Waals surface area contributed by atoms with Gasteiger partial charge in [0.15, 0.2) is 0 Å². The second kappa shape index (κ2) is 6.28. The maximum atomic E-state index is 11.1. The smallest absolute Gasteiger partial charge is 0.288 e. The molecule has 1 saturated heterocycles. The van der Waals surface area contributed by atoms with E-state index in [1.807, 2.05) is 6.07 Å². The lowest BCUT2D eigenvalue weighted by Gasteiger charge is -2.37. The van der Waals surface area contributed by atoms with E-state index in [1.165, 1.54) is 16.0 Å². The van der Waals surface area contributed by atoms with Gasteiger partial charge in [0.1, 0.15) is 11.6 Å². The predicted octanol–water partition coefficient (Wildman–Crippen LogP) is 3.39. The van der Waals surface area contributed by atoms with Gasteiger partial charge in [-0.25, -0.2) is 0 Å². The van der Waals surface area contributed by atoms with Crippen LogP contribution in [0.3, 0.4) is 0 Å². The van der Waals surface area contributed by atoms with Crippen LogP contribution in [-0.2, 0) is 12.0 Å². The third kappa shape index (κ3) is 2.96. The number of allylic oxidation sites excluding steroid dienone is 1. The van der Waals surface area contributed by atoms with Crippen LogP contribution in [0, 0.1) is 10.1 Å². The van der Waals surface area contributed by atoms with Crippen molar-refractivity contribution in [1.29, 1.82) is 0 Å². The number of quaternary nitrogens is 1. The van der Waals surface area contributed by atoms with E-state index in [2.05, 4.69) is 36.4 Å². The second-order valence-corrected chi connectivity index (χ2v) is 7.45. The molecule has 1 fully saturated rings. The summed E-state index contributed by atoms with van der Waals surface area (Å²) in [6.07, 6.45) is 6.86. The highest BCUT2D eigenvalue weighted by Crippen LogP contribution is 2.41. The Morgan fingerprint density at radius 3 is 2.68 bits per heavy atom. The monoisotopic (exact) mass is 355 g/mol. The fourth-order valence-electron chi connectivity index (χ4n) is 4.19. The van der Waals surface area contributed by atoms with Crippen LogP contribution < -0.4 is 4.90 Å². The van der Waals surface area contributed by atoms with Crippen molar-refractivity contribution in [3.8, 4) is 0 Å². The molecular weight excluding hydrogens is 336 g/mol. The minimum absolute atomic E-state index is 0.000278. The van der Waals surface area contributed by atoms with Crippen molar-refractivity contribution >= 4 is 23.4 Å². The molecule has 0 unspecified atom stereocenters. The Bertz CT molecular complexity index is 855. The van der Waals surface area contributed by atoms with Gasteiger partial charge in [0.05, 0.1) is 18.0 Å². The lowest BCUT2D eigenvalue weighted by Crippen LogP contribution is -3.12. The van der Waals surface area contributed by atoms with Gasteiger partial charge >= 0.3 is 0 Å². The van der Waals surface area contributed by atoms with Crippen molar-refractivity contribution in [3.05, 3.63) is 80.4 Å². The Hall–Kier alpha value is -2.17. The molecule has 4 rings (SSSR count). The summed E-state index contributed by atoms with van der Waals surface area (Å²) in [6, 6.07) is 13.8. The summed E-state index contributed by atoms with van der Waals surface area (Å²) in [5.41, 5.74) is 3.96. The first-order valence-corrected chi connectivity index (χ1v) is 9.00. The van der Waals surface area contributed by atoms with E-state index in [-0.39, 0.29) is 16.1 Å². The number of likely N-dealkylation sites (tertiary alicyclic amines) is 1. The minimum Gasteiger partial charge on any atom is -0.331 e. The van der Waals surface area contributed by atoms with E-state index >= 15 is 0 Å². The van der Waals surface area contributed by atoms with E-state index in [9.17, 15) is 10.1 Å². The van der Waals surface area contributed by atoms with E-state index in [0.717, 1.165) is 38.0 Å². The number of piperidine rings is 1. The van der Waals surface area contributed by atoms with Crippen LogP contribution in [0.2, 0.25) is 5.02 Å². The normalized spacial score (nSPS) is 24.4. The van der Waals surface area contributed by atoms with Crippen LogP contribution >= 0.6 is 11.6 Å². The second-order valence-electron chi connectivity index (χ2n) is 7.05. The van der Waals surface area contributed by atoms with E-state index in [1.54, 1.807) is 12.1 Å². The van der Waals surface area contributed by atoms with Crippen LogP contribution in [0.15, 0.2) is 48.5 Å². The summed E-state index contributed by atoms with van der Waals surface area (Å²) in [4.78, 5) is 12.1. The molecule has 1 spiro atoms. The number of hydrogen-bond acceptors (Lipinski definition) is 2. The van der Waals surface area contributed by atoms with Crippen LogP contribution in [-0.4, -0.2) is 18.0 Å². The molecule has 2 aliphatic rings. The molecule has 2 aromatic carbocycles. The molecule has 0 atom stereocenters. The van der Waals surface area contributed by atoms with Crippen molar-refractivity contribution < 1.29 is 9.82 Å². The molecule has 4 nitrogen and oxygen atoms in total. The van der Waals surface area contributed by atoms with Crippen LogP contribution in [0.1, 0.15) is 29.5 Å². The first-order valence-electron chi connectivity index (χ1n) is 8.63. The Kier molecular flexibility index (Phi) is 4.10. The highest BCUT2D eigenvalue weighted by Gasteiger charge is 2.39. The predicted molar refractivity (Wildman–Crippen MR) is 98.9 cm³/mol. The largest absolute Gasteiger partial charge is 0.331 e. The number of rotatable bonds is 3. The molecular formula is C20H20ClN2O2+. The molecule has 5 heteroatoms.